The maximum absolute atomic E-state index is 11.9. The topological polar surface area (TPSA) is 70.2 Å². The largest absolute Gasteiger partial charge is 0.352 e. The van der Waals surface area contributed by atoms with Crippen LogP contribution >= 0.6 is 0 Å². The molecular formula is C13H27N3O2. The zero-order valence-corrected chi connectivity index (χ0v) is 12.0. The van der Waals surface area contributed by atoms with E-state index in [2.05, 4.69) is 22.9 Å². The van der Waals surface area contributed by atoms with Gasteiger partial charge in [-0.3, -0.25) is 9.59 Å². The Hall–Kier alpha value is -1.10. The lowest BCUT2D eigenvalue weighted by atomic mass is 10.1. The summed E-state index contributed by atoms with van der Waals surface area (Å²) >= 11 is 0. The molecule has 0 aromatic carbocycles. The molecular weight excluding hydrogens is 230 g/mol. The van der Waals surface area contributed by atoms with Gasteiger partial charge in [0.05, 0.1) is 0 Å². The quantitative estimate of drug-likeness (QED) is 0.535. The van der Waals surface area contributed by atoms with Crippen LogP contribution in [0.3, 0.4) is 0 Å². The summed E-state index contributed by atoms with van der Waals surface area (Å²) < 4.78 is 0. The standard InChI is InChI=1S/C13H27N3O2/c1-5-14-9-7-6-8-12(16-11(4)17)13(18)15-10(2)3/h10,12,14H,5-9H2,1-4H3,(H,15,18)(H,16,17). The summed E-state index contributed by atoms with van der Waals surface area (Å²) in [5.41, 5.74) is 0. The smallest absolute Gasteiger partial charge is 0.242 e. The van der Waals surface area contributed by atoms with Gasteiger partial charge in [-0.1, -0.05) is 6.92 Å². The highest BCUT2D eigenvalue weighted by Crippen LogP contribution is 2.01. The van der Waals surface area contributed by atoms with Crippen LogP contribution in [0.5, 0.6) is 0 Å². The van der Waals surface area contributed by atoms with Crippen molar-refractivity contribution in [2.45, 2.75) is 59.0 Å². The molecule has 0 aliphatic carbocycles. The first-order valence-corrected chi connectivity index (χ1v) is 6.75. The molecule has 0 aliphatic rings. The van der Waals surface area contributed by atoms with Crippen molar-refractivity contribution in [1.29, 1.82) is 0 Å². The van der Waals surface area contributed by atoms with Gasteiger partial charge in [-0.25, -0.2) is 0 Å². The molecule has 0 rings (SSSR count). The predicted molar refractivity (Wildman–Crippen MR) is 73.3 cm³/mol. The van der Waals surface area contributed by atoms with Crippen LogP contribution < -0.4 is 16.0 Å². The predicted octanol–water partition coefficient (Wildman–Crippen LogP) is 0.795. The molecule has 0 aromatic rings. The van der Waals surface area contributed by atoms with E-state index in [0.29, 0.717) is 6.42 Å². The lowest BCUT2D eigenvalue weighted by Crippen LogP contribution is -2.47. The summed E-state index contributed by atoms with van der Waals surface area (Å²) in [6.45, 7) is 9.24. The highest BCUT2D eigenvalue weighted by Gasteiger charge is 2.19. The third-order valence-corrected chi connectivity index (χ3v) is 2.47. The second-order valence-electron chi connectivity index (χ2n) is 4.77. The monoisotopic (exact) mass is 257 g/mol. The Morgan fingerprint density at radius 1 is 1.11 bits per heavy atom. The average molecular weight is 257 g/mol. The van der Waals surface area contributed by atoms with E-state index in [-0.39, 0.29) is 17.9 Å². The first kappa shape index (κ1) is 16.9. The molecule has 0 radical (unpaired) electrons. The molecule has 1 atom stereocenters. The molecule has 3 N–H and O–H groups in total. The van der Waals surface area contributed by atoms with E-state index in [1.807, 2.05) is 13.8 Å². The molecule has 18 heavy (non-hydrogen) atoms. The highest BCUT2D eigenvalue weighted by atomic mass is 16.2. The van der Waals surface area contributed by atoms with Crippen molar-refractivity contribution >= 4 is 11.8 Å². The van der Waals surface area contributed by atoms with Gasteiger partial charge in [-0.2, -0.15) is 0 Å². The van der Waals surface area contributed by atoms with E-state index in [0.717, 1.165) is 25.9 Å². The molecule has 5 nitrogen and oxygen atoms in total. The third-order valence-electron chi connectivity index (χ3n) is 2.47. The number of rotatable bonds is 9. The van der Waals surface area contributed by atoms with Crippen molar-refractivity contribution in [3.05, 3.63) is 0 Å². The van der Waals surface area contributed by atoms with E-state index in [4.69, 9.17) is 0 Å². The first-order chi connectivity index (χ1) is 8.47. The molecule has 0 heterocycles. The molecule has 2 amide bonds. The van der Waals surface area contributed by atoms with Crippen molar-refractivity contribution in [2.24, 2.45) is 0 Å². The molecule has 0 aromatic heterocycles. The van der Waals surface area contributed by atoms with E-state index in [9.17, 15) is 9.59 Å². The fourth-order valence-corrected chi connectivity index (χ4v) is 1.67. The number of unbranched alkanes of at least 4 members (excludes halogenated alkanes) is 1. The van der Waals surface area contributed by atoms with Crippen molar-refractivity contribution in [3.63, 3.8) is 0 Å². The number of carbonyl (C=O) groups is 2. The Morgan fingerprint density at radius 2 is 1.78 bits per heavy atom. The van der Waals surface area contributed by atoms with Crippen molar-refractivity contribution < 1.29 is 9.59 Å². The minimum atomic E-state index is -0.411. The molecule has 0 spiro atoms. The van der Waals surface area contributed by atoms with Crippen LogP contribution in [0.25, 0.3) is 0 Å². The summed E-state index contributed by atoms with van der Waals surface area (Å²) in [6, 6.07) is -0.318. The maximum Gasteiger partial charge on any atom is 0.242 e. The van der Waals surface area contributed by atoms with Crippen LogP contribution in [0.4, 0.5) is 0 Å². The minimum absolute atomic E-state index is 0.0931. The molecule has 0 aliphatic heterocycles. The fraction of sp³-hybridized carbons (Fsp3) is 0.846. The lowest BCUT2D eigenvalue weighted by molar-refractivity contribution is -0.128. The molecule has 0 fully saturated rings. The normalized spacial score (nSPS) is 12.3. The van der Waals surface area contributed by atoms with Crippen molar-refractivity contribution in [1.82, 2.24) is 16.0 Å². The lowest BCUT2D eigenvalue weighted by Gasteiger charge is -2.19. The van der Waals surface area contributed by atoms with Crippen molar-refractivity contribution in [2.75, 3.05) is 13.1 Å². The summed E-state index contributed by atoms with van der Waals surface area (Å²) in [5, 5.41) is 8.77. The van der Waals surface area contributed by atoms with Gasteiger partial charge in [0.25, 0.3) is 0 Å². The van der Waals surface area contributed by atoms with Crippen LogP contribution in [0.2, 0.25) is 0 Å². The summed E-state index contributed by atoms with van der Waals surface area (Å²) in [6.07, 6.45) is 2.62. The number of amides is 2. The molecule has 0 bridgehead atoms. The maximum atomic E-state index is 11.9. The van der Waals surface area contributed by atoms with Gasteiger partial charge in [-0.15, -0.1) is 0 Å². The van der Waals surface area contributed by atoms with Crippen LogP contribution in [-0.2, 0) is 9.59 Å². The van der Waals surface area contributed by atoms with Gasteiger partial charge in [-0.05, 0) is 46.2 Å². The third kappa shape index (κ3) is 8.98. The number of hydrogen-bond donors (Lipinski definition) is 3. The molecule has 1 unspecified atom stereocenters. The second-order valence-corrected chi connectivity index (χ2v) is 4.77. The van der Waals surface area contributed by atoms with Crippen LogP contribution in [0, 0.1) is 0 Å². The minimum Gasteiger partial charge on any atom is -0.352 e. The van der Waals surface area contributed by atoms with Gasteiger partial charge in [0, 0.05) is 13.0 Å². The zero-order valence-electron chi connectivity index (χ0n) is 12.0. The van der Waals surface area contributed by atoms with E-state index in [1.165, 1.54) is 6.92 Å². The van der Waals surface area contributed by atoms with E-state index < -0.39 is 6.04 Å². The number of carbonyl (C=O) groups excluding carboxylic acids is 2. The molecule has 0 saturated carbocycles. The Morgan fingerprint density at radius 3 is 2.28 bits per heavy atom. The number of hydrogen-bond acceptors (Lipinski definition) is 3. The van der Waals surface area contributed by atoms with Gasteiger partial charge < -0.3 is 16.0 Å². The second kappa shape index (κ2) is 9.88. The summed E-state index contributed by atoms with van der Waals surface area (Å²) in [4.78, 5) is 22.9. The fourth-order valence-electron chi connectivity index (χ4n) is 1.67. The Kier molecular flexibility index (Phi) is 9.28. The number of nitrogens with one attached hydrogen (secondary N) is 3. The van der Waals surface area contributed by atoms with E-state index >= 15 is 0 Å². The van der Waals surface area contributed by atoms with Crippen LogP contribution in [-0.4, -0.2) is 37.0 Å². The van der Waals surface area contributed by atoms with Gasteiger partial charge >= 0.3 is 0 Å². The Labute approximate surface area is 110 Å². The molecule has 0 saturated heterocycles. The Bertz CT molecular complexity index is 255. The van der Waals surface area contributed by atoms with Crippen LogP contribution in [0.1, 0.15) is 47.0 Å². The highest BCUT2D eigenvalue weighted by molar-refractivity contribution is 5.86. The molecule has 106 valence electrons. The van der Waals surface area contributed by atoms with Gasteiger partial charge in [0.1, 0.15) is 6.04 Å². The van der Waals surface area contributed by atoms with Crippen molar-refractivity contribution in [3.8, 4) is 0 Å². The van der Waals surface area contributed by atoms with E-state index in [1.54, 1.807) is 0 Å². The SMILES string of the molecule is CCNCCCCC(NC(C)=O)C(=O)NC(C)C. The average Bonchev–Trinajstić information content (AvgIpc) is 2.25. The first-order valence-electron chi connectivity index (χ1n) is 6.75. The van der Waals surface area contributed by atoms with Gasteiger partial charge in [0.15, 0.2) is 0 Å². The molecule has 5 heteroatoms. The zero-order chi connectivity index (χ0) is 14.0. The Balaban J connectivity index is 4.06. The summed E-state index contributed by atoms with van der Waals surface area (Å²) in [5.74, 6) is -0.255. The van der Waals surface area contributed by atoms with Gasteiger partial charge in [0.2, 0.25) is 11.8 Å². The summed E-state index contributed by atoms with van der Waals surface area (Å²) in [7, 11) is 0. The van der Waals surface area contributed by atoms with Crippen LogP contribution in [0.15, 0.2) is 0 Å².